The Morgan fingerprint density at radius 3 is 2.30 bits per heavy atom. The van der Waals surface area contributed by atoms with E-state index < -0.39 is 0 Å². The molecule has 0 aromatic carbocycles. The molecule has 0 aromatic rings. The van der Waals surface area contributed by atoms with Crippen LogP contribution in [0.1, 0.15) is 25.7 Å². The van der Waals surface area contributed by atoms with Crippen molar-refractivity contribution in [1.82, 2.24) is 5.32 Å². The zero-order valence-corrected chi connectivity index (χ0v) is 6.77. The SMILES string of the molecule is CNC1CCC(CN)CC1. The van der Waals surface area contributed by atoms with Crippen molar-refractivity contribution in [2.75, 3.05) is 13.6 Å². The molecule has 1 aliphatic rings. The van der Waals surface area contributed by atoms with E-state index in [2.05, 4.69) is 5.32 Å². The van der Waals surface area contributed by atoms with Crippen LogP contribution in [-0.2, 0) is 0 Å². The third-order valence-electron chi connectivity index (χ3n) is 2.59. The van der Waals surface area contributed by atoms with E-state index in [0.717, 1.165) is 18.5 Å². The lowest BCUT2D eigenvalue weighted by Crippen LogP contribution is -2.32. The van der Waals surface area contributed by atoms with Crippen LogP contribution in [0.5, 0.6) is 0 Å². The number of hydrogen-bond acceptors (Lipinski definition) is 2. The molecular weight excluding hydrogens is 124 g/mol. The third-order valence-corrected chi connectivity index (χ3v) is 2.59. The van der Waals surface area contributed by atoms with Crippen LogP contribution in [0.25, 0.3) is 0 Å². The normalized spacial score (nSPS) is 34.2. The molecule has 60 valence electrons. The topological polar surface area (TPSA) is 38.0 Å². The number of nitrogens with one attached hydrogen (secondary N) is 1. The van der Waals surface area contributed by atoms with Gasteiger partial charge in [0.1, 0.15) is 0 Å². The van der Waals surface area contributed by atoms with Gasteiger partial charge >= 0.3 is 0 Å². The van der Waals surface area contributed by atoms with Crippen LogP contribution in [0, 0.1) is 5.92 Å². The van der Waals surface area contributed by atoms with Crippen molar-refractivity contribution in [2.24, 2.45) is 11.7 Å². The fourth-order valence-electron chi connectivity index (χ4n) is 1.69. The average molecular weight is 142 g/mol. The molecule has 2 heteroatoms. The molecule has 1 saturated carbocycles. The highest BCUT2D eigenvalue weighted by Gasteiger charge is 2.17. The van der Waals surface area contributed by atoms with Gasteiger partial charge in [-0.15, -0.1) is 0 Å². The Balaban J connectivity index is 2.17. The Hall–Kier alpha value is -0.0800. The molecule has 1 fully saturated rings. The molecule has 0 heterocycles. The lowest BCUT2D eigenvalue weighted by atomic mass is 9.86. The van der Waals surface area contributed by atoms with Gasteiger partial charge in [-0.25, -0.2) is 0 Å². The summed E-state index contributed by atoms with van der Waals surface area (Å²) >= 11 is 0. The summed E-state index contributed by atoms with van der Waals surface area (Å²) in [5.41, 5.74) is 5.57. The number of nitrogens with two attached hydrogens (primary N) is 1. The van der Waals surface area contributed by atoms with Gasteiger partial charge in [-0.05, 0) is 45.2 Å². The van der Waals surface area contributed by atoms with Crippen molar-refractivity contribution in [1.29, 1.82) is 0 Å². The van der Waals surface area contributed by atoms with Crippen LogP contribution in [0.4, 0.5) is 0 Å². The Labute approximate surface area is 63.2 Å². The van der Waals surface area contributed by atoms with Gasteiger partial charge in [0, 0.05) is 6.04 Å². The van der Waals surface area contributed by atoms with Crippen molar-refractivity contribution in [2.45, 2.75) is 31.7 Å². The van der Waals surface area contributed by atoms with Crippen molar-refractivity contribution >= 4 is 0 Å². The highest BCUT2D eigenvalue weighted by molar-refractivity contribution is 4.75. The van der Waals surface area contributed by atoms with E-state index in [1.165, 1.54) is 25.7 Å². The molecule has 0 unspecified atom stereocenters. The highest BCUT2D eigenvalue weighted by atomic mass is 14.9. The monoisotopic (exact) mass is 142 g/mol. The second-order valence-electron chi connectivity index (χ2n) is 3.24. The molecule has 0 aliphatic heterocycles. The van der Waals surface area contributed by atoms with Crippen molar-refractivity contribution in [3.05, 3.63) is 0 Å². The van der Waals surface area contributed by atoms with Crippen molar-refractivity contribution in [3.8, 4) is 0 Å². The van der Waals surface area contributed by atoms with Gasteiger partial charge in [-0.3, -0.25) is 0 Å². The molecule has 0 radical (unpaired) electrons. The van der Waals surface area contributed by atoms with Crippen LogP contribution in [0.3, 0.4) is 0 Å². The van der Waals surface area contributed by atoms with Gasteiger partial charge in [-0.1, -0.05) is 0 Å². The largest absolute Gasteiger partial charge is 0.330 e. The fourth-order valence-corrected chi connectivity index (χ4v) is 1.69. The van der Waals surface area contributed by atoms with Gasteiger partial charge in [0.05, 0.1) is 0 Å². The average Bonchev–Trinajstić information content (AvgIpc) is 2.05. The predicted octanol–water partition coefficient (Wildman–Crippen LogP) is 0.723. The molecule has 0 atom stereocenters. The smallest absolute Gasteiger partial charge is 0.00642 e. The zero-order valence-electron chi connectivity index (χ0n) is 6.77. The van der Waals surface area contributed by atoms with Crippen LogP contribution < -0.4 is 11.1 Å². The maximum Gasteiger partial charge on any atom is 0.00642 e. The molecule has 1 aliphatic carbocycles. The van der Waals surface area contributed by atoms with Crippen molar-refractivity contribution in [3.63, 3.8) is 0 Å². The predicted molar refractivity (Wildman–Crippen MR) is 43.9 cm³/mol. The molecule has 3 N–H and O–H groups in total. The van der Waals surface area contributed by atoms with Gasteiger partial charge in [0.2, 0.25) is 0 Å². The van der Waals surface area contributed by atoms with Gasteiger partial charge in [-0.2, -0.15) is 0 Å². The minimum atomic E-state index is 0.766. The molecule has 0 amide bonds. The van der Waals surface area contributed by atoms with Gasteiger partial charge in [0.25, 0.3) is 0 Å². The number of hydrogen-bond donors (Lipinski definition) is 2. The van der Waals surface area contributed by atoms with Gasteiger partial charge < -0.3 is 11.1 Å². The first-order valence-electron chi connectivity index (χ1n) is 4.24. The zero-order chi connectivity index (χ0) is 7.40. The van der Waals surface area contributed by atoms with Crippen molar-refractivity contribution < 1.29 is 0 Å². The minimum absolute atomic E-state index is 0.766. The lowest BCUT2D eigenvalue weighted by molar-refractivity contribution is 0.307. The summed E-state index contributed by atoms with van der Waals surface area (Å²) in [7, 11) is 2.05. The van der Waals surface area contributed by atoms with Crippen LogP contribution >= 0.6 is 0 Å². The second-order valence-corrected chi connectivity index (χ2v) is 3.24. The van der Waals surface area contributed by atoms with E-state index in [1.54, 1.807) is 0 Å². The van der Waals surface area contributed by atoms with Crippen LogP contribution in [-0.4, -0.2) is 19.6 Å². The molecule has 2 nitrogen and oxygen atoms in total. The summed E-state index contributed by atoms with van der Waals surface area (Å²) in [4.78, 5) is 0. The summed E-state index contributed by atoms with van der Waals surface area (Å²) < 4.78 is 0. The van der Waals surface area contributed by atoms with Gasteiger partial charge in [0.15, 0.2) is 0 Å². The molecule has 0 saturated heterocycles. The summed E-state index contributed by atoms with van der Waals surface area (Å²) in [6, 6.07) is 0.766. The maximum atomic E-state index is 5.57. The first-order valence-corrected chi connectivity index (χ1v) is 4.24. The molecule has 1 rings (SSSR count). The summed E-state index contributed by atoms with van der Waals surface area (Å²) in [5, 5.41) is 3.31. The summed E-state index contributed by atoms with van der Waals surface area (Å²) in [6.07, 6.45) is 5.28. The molecule has 0 aromatic heterocycles. The fraction of sp³-hybridized carbons (Fsp3) is 1.00. The molecule has 10 heavy (non-hydrogen) atoms. The first kappa shape index (κ1) is 8.02. The molecular formula is C8H18N2. The molecule has 0 bridgehead atoms. The Kier molecular flexibility index (Phi) is 3.16. The summed E-state index contributed by atoms with van der Waals surface area (Å²) in [5.74, 6) is 0.810. The minimum Gasteiger partial charge on any atom is -0.330 e. The molecule has 0 spiro atoms. The lowest BCUT2D eigenvalue weighted by Gasteiger charge is -2.26. The Morgan fingerprint density at radius 2 is 1.90 bits per heavy atom. The van der Waals surface area contributed by atoms with E-state index in [9.17, 15) is 0 Å². The van der Waals surface area contributed by atoms with Crippen LogP contribution in [0.2, 0.25) is 0 Å². The highest BCUT2D eigenvalue weighted by Crippen LogP contribution is 2.22. The van der Waals surface area contributed by atoms with E-state index >= 15 is 0 Å². The second kappa shape index (κ2) is 3.94. The maximum absolute atomic E-state index is 5.57. The number of rotatable bonds is 2. The standard InChI is InChI=1S/C8H18N2/c1-10-8-4-2-7(6-9)3-5-8/h7-8,10H,2-6,9H2,1H3. The van der Waals surface area contributed by atoms with E-state index in [-0.39, 0.29) is 0 Å². The first-order chi connectivity index (χ1) is 4.86. The quantitative estimate of drug-likeness (QED) is 0.596. The van der Waals surface area contributed by atoms with E-state index in [0.29, 0.717) is 0 Å². The summed E-state index contributed by atoms with van der Waals surface area (Å²) in [6.45, 7) is 0.885. The Morgan fingerprint density at radius 1 is 1.30 bits per heavy atom. The third kappa shape index (κ3) is 1.96. The van der Waals surface area contributed by atoms with E-state index in [4.69, 9.17) is 5.73 Å². The Bertz CT molecular complexity index is 73.3. The van der Waals surface area contributed by atoms with Crippen LogP contribution in [0.15, 0.2) is 0 Å². The van der Waals surface area contributed by atoms with E-state index in [1.807, 2.05) is 7.05 Å².